The minimum absolute atomic E-state index is 0.145. The monoisotopic (exact) mass is 227 g/mol. The fourth-order valence-electron chi connectivity index (χ4n) is 1.10. The van der Waals surface area contributed by atoms with E-state index in [2.05, 4.69) is 0 Å². The van der Waals surface area contributed by atoms with Crippen LogP contribution in [0.15, 0.2) is 18.2 Å². The summed E-state index contributed by atoms with van der Waals surface area (Å²) in [5.41, 5.74) is -0.819. The SMILES string of the molecule is CCCOC(=O)c1cc(F)ccc1[N+](=O)[O-]. The fourth-order valence-corrected chi connectivity index (χ4v) is 1.10. The van der Waals surface area contributed by atoms with Crippen molar-refractivity contribution in [1.29, 1.82) is 0 Å². The molecule has 1 aromatic rings. The maximum atomic E-state index is 12.9. The largest absolute Gasteiger partial charge is 0.462 e. The number of halogens is 1. The lowest BCUT2D eigenvalue weighted by Gasteiger charge is -2.03. The van der Waals surface area contributed by atoms with Gasteiger partial charge in [-0.05, 0) is 18.6 Å². The van der Waals surface area contributed by atoms with Crippen molar-refractivity contribution in [1.82, 2.24) is 0 Å². The molecule has 0 bridgehead atoms. The van der Waals surface area contributed by atoms with Gasteiger partial charge in [-0.2, -0.15) is 0 Å². The van der Waals surface area contributed by atoms with E-state index in [4.69, 9.17) is 4.74 Å². The molecule has 0 saturated carbocycles. The van der Waals surface area contributed by atoms with E-state index < -0.39 is 22.4 Å². The average molecular weight is 227 g/mol. The number of nitro benzene ring substituents is 1. The molecule has 0 aromatic heterocycles. The number of carbonyl (C=O) groups excluding carboxylic acids is 1. The molecule has 0 N–H and O–H groups in total. The number of hydrogen-bond donors (Lipinski definition) is 0. The Morgan fingerprint density at radius 2 is 2.25 bits per heavy atom. The van der Waals surface area contributed by atoms with Crippen LogP contribution in [0.25, 0.3) is 0 Å². The van der Waals surface area contributed by atoms with E-state index in [0.717, 1.165) is 18.2 Å². The molecule has 0 amide bonds. The van der Waals surface area contributed by atoms with Crippen molar-refractivity contribution in [3.8, 4) is 0 Å². The second-order valence-electron chi connectivity index (χ2n) is 3.05. The van der Waals surface area contributed by atoms with E-state index in [1.54, 1.807) is 6.92 Å². The lowest BCUT2D eigenvalue weighted by atomic mass is 10.2. The standard InChI is InChI=1S/C10H10FNO4/c1-2-5-16-10(13)8-6-7(11)3-4-9(8)12(14)15/h3-4,6H,2,5H2,1H3. The molecule has 0 aliphatic heterocycles. The molecule has 0 fully saturated rings. The minimum atomic E-state index is -0.881. The van der Waals surface area contributed by atoms with Gasteiger partial charge in [0.25, 0.3) is 5.69 Å². The highest BCUT2D eigenvalue weighted by atomic mass is 19.1. The van der Waals surface area contributed by atoms with Crippen LogP contribution in [0.2, 0.25) is 0 Å². The van der Waals surface area contributed by atoms with E-state index in [1.807, 2.05) is 0 Å². The first kappa shape index (κ1) is 12.1. The van der Waals surface area contributed by atoms with Gasteiger partial charge < -0.3 is 4.74 Å². The molecule has 0 aliphatic rings. The molecule has 1 rings (SSSR count). The van der Waals surface area contributed by atoms with Crippen LogP contribution in [-0.4, -0.2) is 17.5 Å². The van der Waals surface area contributed by atoms with Crippen LogP contribution in [0.4, 0.5) is 10.1 Å². The molecule has 0 aliphatic carbocycles. The van der Waals surface area contributed by atoms with E-state index in [9.17, 15) is 19.3 Å². The zero-order chi connectivity index (χ0) is 12.1. The van der Waals surface area contributed by atoms with Gasteiger partial charge in [0.05, 0.1) is 11.5 Å². The van der Waals surface area contributed by atoms with Crippen LogP contribution in [0.5, 0.6) is 0 Å². The molecule has 16 heavy (non-hydrogen) atoms. The number of carbonyl (C=O) groups is 1. The average Bonchev–Trinajstić information content (AvgIpc) is 2.25. The van der Waals surface area contributed by atoms with Crippen molar-refractivity contribution in [2.45, 2.75) is 13.3 Å². The van der Waals surface area contributed by atoms with Crippen LogP contribution >= 0.6 is 0 Å². The maximum Gasteiger partial charge on any atom is 0.345 e. The number of benzene rings is 1. The number of ether oxygens (including phenoxy) is 1. The number of nitrogens with zero attached hydrogens (tertiary/aromatic N) is 1. The molecule has 0 unspecified atom stereocenters. The summed E-state index contributed by atoms with van der Waals surface area (Å²) in [4.78, 5) is 21.2. The van der Waals surface area contributed by atoms with E-state index >= 15 is 0 Å². The third kappa shape index (κ3) is 2.75. The number of esters is 1. The lowest BCUT2D eigenvalue weighted by molar-refractivity contribution is -0.385. The molecule has 0 spiro atoms. The van der Waals surface area contributed by atoms with Crippen LogP contribution in [0.1, 0.15) is 23.7 Å². The van der Waals surface area contributed by atoms with Gasteiger partial charge in [0.15, 0.2) is 0 Å². The van der Waals surface area contributed by atoms with Crippen molar-refractivity contribution in [2.24, 2.45) is 0 Å². The van der Waals surface area contributed by atoms with Crippen molar-refractivity contribution in [2.75, 3.05) is 6.61 Å². The molecule has 86 valence electrons. The van der Waals surface area contributed by atoms with Crippen molar-refractivity contribution >= 4 is 11.7 Å². The summed E-state index contributed by atoms with van der Waals surface area (Å²) in [6.07, 6.45) is 0.592. The molecular formula is C10H10FNO4. The highest BCUT2D eigenvalue weighted by molar-refractivity contribution is 5.93. The summed E-state index contributed by atoms with van der Waals surface area (Å²) < 4.78 is 17.6. The Kier molecular flexibility index (Phi) is 3.93. The van der Waals surface area contributed by atoms with Gasteiger partial charge in [-0.1, -0.05) is 6.92 Å². The molecule has 0 heterocycles. The van der Waals surface area contributed by atoms with Crippen molar-refractivity contribution < 1.29 is 18.8 Å². The van der Waals surface area contributed by atoms with Gasteiger partial charge in [0, 0.05) is 6.07 Å². The fraction of sp³-hybridized carbons (Fsp3) is 0.300. The van der Waals surface area contributed by atoms with Gasteiger partial charge in [0.1, 0.15) is 11.4 Å². The Balaban J connectivity index is 3.04. The van der Waals surface area contributed by atoms with Crippen LogP contribution < -0.4 is 0 Å². The third-order valence-electron chi connectivity index (χ3n) is 1.81. The number of rotatable bonds is 4. The van der Waals surface area contributed by atoms with E-state index in [-0.39, 0.29) is 12.2 Å². The highest BCUT2D eigenvalue weighted by Gasteiger charge is 2.21. The van der Waals surface area contributed by atoms with Crippen LogP contribution in [-0.2, 0) is 4.74 Å². The molecule has 0 saturated heterocycles. The Hall–Kier alpha value is -1.98. The number of nitro groups is 1. The summed E-state index contributed by atoms with van der Waals surface area (Å²) in [6, 6.07) is 2.67. The molecular weight excluding hydrogens is 217 g/mol. The Labute approximate surface area is 91.0 Å². The predicted octanol–water partition coefficient (Wildman–Crippen LogP) is 2.30. The van der Waals surface area contributed by atoms with Gasteiger partial charge in [-0.15, -0.1) is 0 Å². The first-order chi connectivity index (χ1) is 7.56. The quantitative estimate of drug-likeness (QED) is 0.449. The van der Waals surface area contributed by atoms with E-state index in [1.165, 1.54) is 0 Å². The minimum Gasteiger partial charge on any atom is -0.462 e. The Morgan fingerprint density at radius 3 is 2.81 bits per heavy atom. The first-order valence-electron chi connectivity index (χ1n) is 4.67. The molecule has 6 heteroatoms. The summed E-state index contributed by atoms with van der Waals surface area (Å²) in [5.74, 6) is -1.60. The topological polar surface area (TPSA) is 69.4 Å². The summed E-state index contributed by atoms with van der Waals surface area (Å²) in [7, 11) is 0. The van der Waals surface area contributed by atoms with Gasteiger partial charge in [-0.25, -0.2) is 9.18 Å². The second-order valence-corrected chi connectivity index (χ2v) is 3.05. The Morgan fingerprint density at radius 1 is 1.56 bits per heavy atom. The van der Waals surface area contributed by atoms with Gasteiger partial charge >= 0.3 is 5.97 Å². The lowest BCUT2D eigenvalue weighted by Crippen LogP contribution is -2.09. The Bertz CT molecular complexity index is 419. The summed E-state index contributed by atoms with van der Waals surface area (Å²) in [5, 5.41) is 10.6. The molecule has 1 aromatic carbocycles. The maximum absolute atomic E-state index is 12.9. The smallest absolute Gasteiger partial charge is 0.345 e. The van der Waals surface area contributed by atoms with Crippen LogP contribution in [0, 0.1) is 15.9 Å². The highest BCUT2D eigenvalue weighted by Crippen LogP contribution is 2.20. The van der Waals surface area contributed by atoms with E-state index in [0.29, 0.717) is 6.42 Å². The molecule has 0 atom stereocenters. The zero-order valence-corrected chi connectivity index (χ0v) is 8.60. The predicted molar refractivity (Wildman–Crippen MR) is 53.6 cm³/mol. The second kappa shape index (κ2) is 5.20. The molecule has 0 radical (unpaired) electrons. The first-order valence-corrected chi connectivity index (χ1v) is 4.67. The zero-order valence-electron chi connectivity index (χ0n) is 8.60. The summed E-state index contributed by atoms with van der Waals surface area (Å²) >= 11 is 0. The van der Waals surface area contributed by atoms with Gasteiger partial charge in [0.2, 0.25) is 0 Å². The summed E-state index contributed by atoms with van der Waals surface area (Å²) in [6.45, 7) is 1.93. The van der Waals surface area contributed by atoms with Crippen LogP contribution in [0.3, 0.4) is 0 Å². The van der Waals surface area contributed by atoms with Crippen molar-refractivity contribution in [3.05, 3.63) is 39.7 Å². The molecule has 5 nitrogen and oxygen atoms in total. The van der Waals surface area contributed by atoms with Gasteiger partial charge in [-0.3, -0.25) is 10.1 Å². The number of hydrogen-bond acceptors (Lipinski definition) is 4. The van der Waals surface area contributed by atoms with Crippen molar-refractivity contribution in [3.63, 3.8) is 0 Å². The normalized spacial score (nSPS) is 9.88. The third-order valence-corrected chi connectivity index (χ3v) is 1.81.